The second-order valence-electron chi connectivity index (χ2n) is 8.09. The number of nitrogens with zero attached hydrogens (tertiary/aromatic N) is 2. The van der Waals surface area contributed by atoms with Crippen molar-refractivity contribution < 1.29 is 4.92 Å². The summed E-state index contributed by atoms with van der Waals surface area (Å²) in [5, 5.41) is 12.1. The summed E-state index contributed by atoms with van der Waals surface area (Å²) < 4.78 is 0. The summed E-state index contributed by atoms with van der Waals surface area (Å²) in [4.78, 5) is 15.9. The molecule has 152 valence electrons. The van der Waals surface area contributed by atoms with E-state index in [-0.39, 0.29) is 10.6 Å². The van der Waals surface area contributed by atoms with Gasteiger partial charge in [-0.25, -0.2) is 4.98 Å². The summed E-state index contributed by atoms with van der Waals surface area (Å²) in [5.74, 6) is 0. The molecule has 4 aromatic carbocycles. The van der Waals surface area contributed by atoms with Gasteiger partial charge in [-0.2, -0.15) is 0 Å². The highest BCUT2D eigenvalue weighted by Crippen LogP contribution is 2.39. The molecule has 0 aliphatic heterocycles. The van der Waals surface area contributed by atoms with Gasteiger partial charge < -0.3 is 0 Å². The van der Waals surface area contributed by atoms with Crippen LogP contribution in [0.1, 0.15) is 11.1 Å². The van der Waals surface area contributed by atoms with E-state index in [2.05, 4.69) is 42.5 Å². The Bertz CT molecular complexity index is 1520. The van der Waals surface area contributed by atoms with Crippen LogP contribution in [0, 0.1) is 10.1 Å². The lowest BCUT2D eigenvalue weighted by Gasteiger charge is -2.11. The van der Waals surface area contributed by atoms with Crippen molar-refractivity contribution in [1.29, 1.82) is 0 Å². The fraction of sp³-hybridized carbons (Fsp3) is 0.0357. The number of fused-ring (bicyclic) bond motifs is 4. The fourth-order valence-electron chi connectivity index (χ4n) is 4.64. The average Bonchev–Trinajstić information content (AvgIpc) is 3.21. The van der Waals surface area contributed by atoms with Crippen molar-refractivity contribution >= 4 is 16.6 Å². The van der Waals surface area contributed by atoms with Crippen LogP contribution >= 0.6 is 0 Å². The van der Waals surface area contributed by atoms with Crippen LogP contribution in [0.5, 0.6) is 0 Å². The minimum atomic E-state index is -0.361. The van der Waals surface area contributed by atoms with Crippen molar-refractivity contribution in [2.24, 2.45) is 0 Å². The molecule has 1 heterocycles. The topological polar surface area (TPSA) is 56.0 Å². The highest BCUT2D eigenvalue weighted by atomic mass is 16.6. The van der Waals surface area contributed by atoms with Gasteiger partial charge in [0.2, 0.25) is 0 Å². The summed E-state index contributed by atoms with van der Waals surface area (Å²) in [6.07, 6.45) is 0.921. The summed E-state index contributed by atoms with van der Waals surface area (Å²) in [6, 6.07) is 32.0. The summed E-state index contributed by atoms with van der Waals surface area (Å²) in [7, 11) is 0. The van der Waals surface area contributed by atoms with Crippen LogP contribution < -0.4 is 0 Å². The van der Waals surface area contributed by atoms with Crippen LogP contribution in [0.3, 0.4) is 0 Å². The standard InChI is InChI=1S/C28H18N2O2/c31-30(32)22-11-13-27-26(16-22)25(18-6-2-1-3-7-18)17-28(29-27)20-10-12-24-21(15-20)14-19-8-4-5-9-23(19)24/h1-13,15-17H,14H2. The Labute approximate surface area is 185 Å². The van der Waals surface area contributed by atoms with Crippen LogP contribution in [0.25, 0.3) is 44.4 Å². The number of hydrogen-bond acceptors (Lipinski definition) is 3. The van der Waals surface area contributed by atoms with Crippen LogP contribution in [0.2, 0.25) is 0 Å². The number of nitro benzene ring substituents is 1. The molecule has 1 aliphatic rings. The Balaban J connectivity index is 1.54. The SMILES string of the molecule is O=[N+]([O-])c1ccc2nc(-c3ccc4c(c3)Cc3ccccc3-4)cc(-c3ccccc3)c2c1. The highest BCUT2D eigenvalue weighted by Gasteiger charge is 2.19. The van der Waals surface area contributed by atoms with Gasteiger partial charge in [0.25, 0.3) is 5.69 Å². The number of non-ortho nitro benzene ring substituents is 1. The number of pyridine rings is 1. The van der Waals surface area contributed by atoms with E-state index in [1.54, 1.807) is 12.1 Å². The average molecular weight is 414 g/mol. The molecule has 0 unspecified atom stereocenters. The molecule has 0 fully saturated rings. The van der Waals surface area contributed by atoms with Gasteiger partial charge in [0.05, 0.1) is 16.1 Å². The number of nitro groups is 1. The maximum atomic E-state index is 11.4. The lowest BCUT2D eigenvalue weighted by atomic mass is 9.96. The van der Waals surface area contributed by atoms with Crippen molar-refractivity contribution in [3.63, 3.8) is 0 Å². The first-order valence-corrected chi connectivity index (χ1v) is 10.5. The predicted octanol–water partition coefficient (Wildman–Crippen LogP) is 7.05. The molecule has 0 N–H and O–H groups in total. The largest absolute Gasteiger partial charge is 0.270 e. The summed E-state index contributed by atoms with van der Waals surface area (Å²) in [6.45, 7) is 0. The Morgan fingerprint density at radius 2 is 1.47 bits per heavy atom. The second-order valence-corrected chi connectivity index (χ2v) is 8.09. The van der Waals surface area contributed by atoms with Crippen LogP contribution in [0.15, 0.2) is 97.1 Å². The van der Waals surface area contributed by atoms with E-state index in [1.807, 2.05) is 36.4 Å². The third kappa shape index (κ3) is 2.96. The van der Waals surface area contributed by atoms with Gasteiger partial charge in [-0.15, -0.1) is 0 Å². The normalized spacial score (nSPS) is 11.9. The Hall–Kier alpha value is -4.31. The third-order valence-electron chi connectivity index (χ3n) is 6.18. The number of hydrogen-bond donors (Lipinski definition) is 0. The van der Waals surface area contributed by atoms with Gasteiger partial charge in [-0.3, -0.25) is 10.1 Å². The van der Waals surface area contributed by atoms with Crippen molar-refractivity contribution in [2.45, 2.75) is 6.42 Å². The highest BCUT2D eigenvalue weighted by molar-refractivity contribution is 5.98. The quantitative estimate of drug-likeness (QED) is 0.230. The van der Waals surface area contributed by atoms with E-state index >= 15 is 0 Å². The van der Waals surface area contributed by atoms with E-state index in [0.29, 0.717) is 0 Å². The van der Waals surface area contributed by atoms with Crippen LogP contribution in [-0.2, 0) is 6.42 Å². The molecule has 4 heteroatoms. The minimum Gasteiger partial charge on any atom is -0.258 e. The molecule has 6 rings (SSSR count). The molecule has 0 saturated heterocycles. The van der Waals surface area contributed by atoms with Gasteiger partial charge in [-0.1, -0.05) is 66.7 Å². The van der Waals surface area contributed by atoms with E-state index in [4.69, 9.17) is 4.98 Å². The molecule has 1 aromatic heterocycles. The molecule has 5 aromatic rings. The second kappa shape index (κ2) is 7.13. The van der Waals surface area contributed by atoms with Crippen molar-refractivity contribution in [3.8, 4) is 33.5 Å². The molecular weight excluding hydrogens is 396 g/mol. The Morgan fingerprint density at radius 3 is 2.31 bits per heavy atom. The molecular formula is C28H18N2O2. The van der Waals surface area contributed by atoms with E-state index in [0.717, 1.165) is 39.7 Å². The number of aromatic nitrogens is 1. The zero-order chi connectivity index (χ0) is 21.7. The summed E-state index contributed by atoms with van der Waals surface area (Å²) in [5.41, 5.74) is 9.92. The monoisotopic (exact) mass is 414 g/mol. The van der Waals surface area contributed by atoms with Gasteiger partial charge in [0.15, 0.2) is 0 Å². The van der Waals surface area contributed by atoms with Crippen molar-refractivity contribution in [1.82, 2.24) is 4.98 Å². The summed E-state index contributed by atoms with van der Waals surface area (Å²) >= 11 is 0. The molecule has 0 radical (unpaired) electrons. The first kappa shape index (κ1) is 18.5. The van der Waals surface area contributed by atoms with Crippen LogP contribution in [0.4, 0.5) is 5.69 Å². The molecule has 0 spiro atoms. The van der Waals surface area contributed by atoms with E-state index < -0.39 is 0 Å². The molecule has 0 amide bonds. The lowest BCUT2D eigenvalue weighted by molar-refractivity contribution is -0.384. The molecule has 0 saturated carbocycles. The molecule has 32 heavy (non-hydrogen) atoms. The molecule has 4 nitrogen and oxygen atoms in total. The Morgan fingerprint density at radius 1 is 0.688 bits per heavy atom. The zero-order valence-corrected chi connectivity index (χ0v) is 17.2. The zero-order valence-electron chi connectivity index (χ0n) is 17.2. The Kier molecular flexibility index (Phi) is 4.12. The minimum absolute atomic E-state index is 0.0690. The van der Waals surface area contributed by atoms with Gasteiger partial charge in [0.1, 0.15) is 0 Å². The van der Waals surface area contributed by atoms with E-state index in [1.165, 1.54) is 28.3 Å². The third-order valence-corrected chi connectivity index (χ3v) is 6.18. The van der Waals surface area contributed by atoms with Crippen molar-refractivity contribution in [2.75, 3.05) is 0 Å². The maximum absolute atomic E-state index is 11.4. The van der Waals surface area contributed by atoms with Crippen molar-refractivity contribution in [3.05, 3.63) is 118 Å². The predicted molar refractivity (Wildman–Crippen MR) is 128 cm³/mol. The lowest BCUT2D eigenvalue weighted by Crippen LogP contribution is -1.93. The smallest absolute Gasteiger partial charge is 0.258 e. The van der Waals surface area contributed by atoms with E-state index in [9.17, 15) is 10.1 Å². The first-order valence-electron chi connectivity index (χ1n) is 10.5. The number of benzene rings is 4. The molecule has 0 bridgehead atoms. The maximum Gasteiger partial charge on any atom is 0.270 e. The van der Waals surface area contributed by atoms with Gasteiger partial charge in [-0.05, 0) is 58.0 Å². The number of rotatable bonds is 3. The first-order chi connectivity index (χ1) is 15.7. The molecule has 0 atom stereocenters. The fourth-order valence-corrected chi connectivity index (χ4v) is 4.64. The molecule has 1 aliphatic carbocycles. The van der Waals surface area contributed by atoms with Crippen LogP contribution in [-0.4, -0.2) is 9.91 Å². The van der Waals surface area contributed by atoms with Gasteiger partial charge >= 0.3 is 0 Å². The van der Waals surface area contributed by atoms with Gasteiger partial charge in [0, 0.05) is 23.1 Å².